The molecule has 0 aliphatic carbocycles. The lowest BCUT2D eigenvalue weighted by Crippen LogP contribution is -2.61. The highest BCUT2D eigenvalue weighted by Gasteiger charge is 2.37. The van der Waals surface area contributed by atoms with Crippen molar-refractivity contribution in [2.45, 2.75) is 116 Å². The Morgan fingerprint density at radius 3 is 2.21 bits per heavy atom. The highest BCUT2D eigenvalue weighted by Crippen LogP contribution is 2.24. The number of methoxy groups -OCH3 is 1. The molecule has 1 aromatic carbocycles. The summed E-state index contributed by atoms with van der Waals surface area (Å²) in [4.78, 5) is 26.6. The van der Waals surface area contributed by atoms with Crippen molar-refractivity contribution in [1.82, 2.24) is 15.3 Å². The molecule has 2 rings (SSSR count). The predicted octanol–water partition coefficient (Wildman–Crippen LogP) is 5.85. The van der Waals surface area contributed by atoms with Crippen LogP contribution in [0.15, 0.2) is 24.3 Å². The number of hydrogen-bond acceptors (Lipinski definition) is 4. The molecule has 0 saturated carbocycles. The maximum Gasteiger partial charge on any atom is 0.244 e. The highest BCUT2D eigenvalue weighted by molar-refractivity contribution is 5.88. The van der Waals surface area contributed by atoms with E-state index in [9.17, 15) is 9.59 Å². The molecule has 0 spiro atoms. The third-order valence-electron chi connectivity index (χ3n) is 6.32. The van der Waals surface area contributed by atoms with Crippen LogP contribution in [0.3, 0.4) is 0 Å². The second kappa shape index (κ2) is 14.3. The minimum Gasteiger partial charge on any atom is -0.497 e. The lowest BCUT2D eigenvalue weighted by molar-refractivity contribution is -0.170. The molecule has 1 saturated heterocycles. The molecule has 0 radical (unpaired) electrons. The lowest BCUT2D eigenvalue weighted by Gasteiger charge is -2.44. The van der Waals surface area contributed by atoms with Gasteiger partial charge in [0.05, 0.1) is 7.11 Å². The van der Waals surface area contributed by atoms with Crippen molar-refractivity contribution >= 4 is 11.8 Å². The molecule has 6 nitrogen and oxygen atoms in total. The first-order valence-electron chi connectivity index (χ1n) is 13.3. The molecule has 6 heteroatoms. The molecule has 2 amide bonds. The SMILES string of the molecule is CCCCCCCCCCC(=O)N1C(C(=O)NC(C)(C)C)CCCN1Cc1ccc(OC)cc1. The summed E-state index contributed by atoms with van der Waals surface area (Å²) in [6, 6.07) is 7.48. The Morgan fingerprint density at radius 2 is 1.62 bits per heavy atom. The van der Waals surface area contributed by atoms with Crippen LogP contribution in [0.1, 0.15) is 104 Å². The Kier molecular flexibility index (Phi) is 11.9. The maximum atomic E-state index is 13.4. The summed E-state index contributed by atoms with van der Waals surface area (Å²) in [5.74, 6) is 0.817. The Hall–Kier alpha value is -2.08. The number of unbranched alkanes of at least 4 members (excludes halogenated alkanes) is 7. The normalized spacial score (nSPS) is 17.0. The number of amides is 2. The molecule has 192 valence electrons. The topological polar surface area (TPSA) is 61.9 Å². The fraction of sp³-hybridized carbons (Fsp3) is 0.714. The predicted molar refractivity (Wildman–Crippen MR) is 138 cm³/mol. The molecule has 1 unspecified atom stereocenters. The largest absolute Gasteiger partial charge is 0.497 e. The number of rotatable bonds is 13. The number of hydrogen-bond donors (Lipinski definition) is 1. The van der Waals surface area contributed by atoms with Crippen molar-refractivity contribution in [2.24, 2.45) is 0 Å². The van der Waals surface area contributed by atoms with Gasteiger partial charge < -0.3 is 10.1 Å². The van der Waals surface area contributed by atoms with Crippen LogP contribution in [0.4, 0.5) is 0 Å². The Bertz CT molecular complexity index is 742. The zero-order valence-electron chi connectivity index (χ0n) is 22.2. The van der Waals surface area contributed by atoms with Crippen LogP contribution in [0.5, 0.6) is 5.75 Å². The van der Waals surface area contributed by atoms with Crippen LogP contribution in [0.2, 0.25) is 0 Å². The third-order valence-corrected chi connectivity index (χ3v) is 6.32. The fourth-order valence-corrected chi connectivity index (χ4v) is 4.54. The van der Waals surface area contributed by atoms with E-state index >= 15 is 0 Å². The van der Waals surface area contributed by atoms with Crippen LogP contribution < -0.4 is 10.1 Å². The summed E-state index contributed by atoms with van der Waals surface area (Å²) < 4.78 is 5.27. The molecular weight excluding hydrogens is 426 g/mol. The molecule has 1 aromatic rings. The number of carbonyl (C=O) groups is 2. The first-order chi connectivity index (χ1) is 16.2. The number of nitrogens with zero attached hydrogens (tertiary/aromatic N) is 2. The van der Waals surface area contributed by atoms with Crippen LogP contribution >= 0.6 is 0 Å². The van der Waals surface area contributed by atoms with Gasteiger partial charge in [-0.3, -0.25) is 14.6 Å². The van der Waals surface area contributed by atoms with E-state index < -0.39 is 6.04 Å². The smallest absolute Gasteiger partial charge is 0.244 e. The van der Waals surface area contributed by atoms with E-state index in [4.69, 9.17) is 4.74 Å². The van der Waals surface area contributed by atoms with Crippen molar-refractivity contribution in [3.63, 3.8) is 0 Å². The summed E-state index contributed by atoms with van der Waals surface area (Å²) in [6.45, 7) is 9.56. The molecular formula is C28H47N3O3. The van der Waals surface area contributed by atoms with Crippen molar-refractivity contribution in [3.05, 3.63) is 29.8 Å². The quantitative estimate of drug-likeness (QED) is 0.365. The molecule has 1 aliphatic heterocycles. The van der Waals surface area contributed by atoms with Gasteiger partial charge in [0.25, 0.3) is 0 Å². The first kappa shape index (κ1) is 28.2. The number of nitrogens with one attached hydrogen (secondary N) is 1. The van der Waals surface area contributed by atoms with E-state index in [0.29, 0.717) is 19.4 Å². The average molecular weight is 474 g/mol. The van der Waals surface area contributed by atoms with Gasteiger partial charge in [-0.2, -0.15) is 0 Å². The minimum atomic E-state index is -0.451. The molecule has 0 bridgehead atoms. The number of benzene rings is 1. The van der Waals surface area contributed by atoms with E-state index in [-0.39, 0.29) is 17.4 Å². The second-order valence-corrected chi connectivity index (χ2v) is 10.6. The van der Waals surface area contributed by atoms with E-state index in [0.717, 1.165) is 37.1 Å². The summed E-state index contributed by atoms with van der Waals surface area (Å²) in [7, 11) is 1.66. The molecule has 1 N–H and O–H groups in total. The van der Waals surface area contributed by atoms with Crippen LogP contribution in [-0.2, 0) is 16.1 Å². The molecule has 1 atom stereocenters. The standard InChI is InChI=1S/C28H47N3O3/c1-6-7-8-9-10-11-12-13-16-26(32)31-25(27(33)29-28(2,3)4)15-14-21-30(31)22-23-17-19-24(34-5)20-18-23/h17-20,25H,6-16,21-22H2,1-5H3,(H,29,33). The average Bonchev–Trinajstić information content (AvgIpc) is 2.80. The molecule has 1 fully saturated rings. The van der Waals surface area contributed by atoms with Crippen LogP contribution in [0, 0.1) is 0 Å². The maximum absolute atomic E-state index is 13.4. The minimum absolute atomic E-state index is 0.0591. The lowest BCUT2D eigenvalue weighted by atomic mass is 10.0. The van der Waals surface area contributed by atoms with Crippen molar-refractivity contribution < 1.29 is 14.3 Å². The summed E-state index contributed by atoms with van der Waals surface area (Å²) in [6.07, 6.45) is 11.6. The summed E-state index contributed by atoms with van der Waals surface area (Å²) in [5, 5.41) is 6.95. The first-order valence-corrected chi connectivity index (χ1v) is 13.3. The summed E-state index contributed by atoms with van der Waals surface area (Å²) >= 11 is 0. The monoisotopic (exact) mass is 473 g/mol. The van der Waals surface area contributed by atoms with Gasteiger partial charge in [0.2, 0.25) is 11.8 Å². The molecule has 1 aliphatic rings. The van der Waals surface area contributed by atoms with E-state index in [1.54, 1.807) is 12.1 Å². The molecule has 34 heavy (non-hydrogen) atoms. The van der Waals surface area contributed by atoms with Crippen molar-refractivity contribution in [2.75, 3.05) is 13.7 Å². The van der Waals surface area contributed by atoms with E-state index in [2.05, 4.69) is 17.2 Å². The zero-order chi connectivity index (χ0) is 25.0. The molecule has 1 heterocycles. The second-order valence-electron chi connectivity index (χ2n) is 10.6. The van der Waals surface area contributed by atoms with Gasteiger partial charge in [0.1, 0.15) is 11.8 Å². The Balaban J connectivity index is 2.03. The van der Waals surface area contributed by atoms with Crippen LogP contribution in [0.25, 0.3) is 0 Å². The van der Waals surface area contributed by atoms with Gasteiger partial charge in [-0.25, -0.2) is 5.01 Å². The Morgan fingerprint density at radius 1 is 1.00 bits per heavy atom. The van der Waals surface area contributed by atoms with Gasteiger partial charge in [-0.15, -0.1) is 0 Å². The number of ether oxygens (including phenoxy) is 1. The van der Waals surface area contributed by atoms with Gasteiger partial charge in [0, 0.05) is 25.0 Å². The van der Waals surface area contributed by atoms with E-state index in [1.807, 2.05) is 45.0 Å². The van der Waals surface area contributed by atoms with Gasteiger partial charge in [-0.05, 0) is 57.7 Å². The highest BCUT2D eigenvalue weighted by atomic mass is 16.5. The summed E-state index contributed by atoms with van der Waals surface area (Å²) in [5.41, 5.74) is 0.768. The van der Waals surface area contributed by atoms with Crippen LogP contribution in [-0.4, -0.2) is 47.1 Å². The fourth-order valence-electron chi connectivity index (χ4n) is 4.54. The van der Waals surface area contributed by atoms with Crippen molar-refractivity contribution in [3.8, 4) is 5.75 Å². The molecule has 0 aromatic heterocycles. The third kappa shape index (κ3) is 9.65. The van der Waals surface area contributed by atoms with E-state index in [1.165, 1.54) is 38.5 Å². The number of hydrazine groups is 1. The van der Waals surface area contributed by atoms with Crippen molar-refractivity contribution in [1.29, 1.82) is 0 Å². The van der Waals surface area contributed by atoms with Gasteiger partial charge in [-0.1, -0.05) is 64.0 Å². The van der Waals surface area contributed by atoms with Gasteiger partial charge in [0.15, 0.2) is 0 Å². The zero-order valence-corrected chi connectivity index (χ0v) is 22.2. The van der Waals surface area contributed by atoms with Gasteiger partial charge >= 0.3 is 0 Å². The Labute approximate surface area is 207 Å². The number of carbonyl (C=O) groups excluding carboxylic acids is 2.